The van der Waals surface area contributed by atoms with Crippen LogP contribution in [-0.2, 0) is 0 Å². The summed E-state index contributed by atoms with van der Waals surface area (Å²) in [4.78, 5) is 10.5. The lowest BCUT2D eigenvalue weighted by atomic mass is 9.81. The van der Waals surface area contributed by atoms with E-state index in [0.717, 1.165) is 54.0 Å². The molecule has 0 spiro atoms. The van der Waals surface area contributed by atoms with Gasteiger partial charge in [-0.25, -0.2) is 9.97 Å². The van der Waals surface area contributed by atoms with E-state index in [2.05, 4.69) is 162 Å². The lowest BCUT2D eigenvalue weighted by Gasteiger charge is -2.28. The number of hydrogen-bond donors (Lipinski definition) is 0. The second kappa shape index (κ2) is 12.0. The van der Waals surface area contributed by atoms with Gasteiger partial charge in [0.2, 0.25) is 0 Å². The van der Waals surface area contributed by atoms with E-state index in [-0.39, 0.29) is 0 Å². The minimum Gasteiger partial charge on any atom is -0.313 e. The van der Waals surface area contributed by atoms with Crippen LogP contribution in [0.3, 0.4) is 0 Å². The van der Waals surface area contributed by atoms with Crippen molar-refractivity contribution in [2.24, 2.45) is 0 Å². The smallest absolute Gasteiger partial charge is 0.160 e. The van der Waals surface area contributed by atoms with Crippen molar-refractivity contribution in [3.05, 3.63) is 181 Å². The molecule has 0 fully saturated rings. The summed E-state index contributed by atoms with van der Waals surface area (Å²) in [6.45, 7) is 0. The maximum atomic E-state index is 5.31. The average molecular weight is 678 g/mol. The van der Waals surface area contributed by atoms with E-state index in [1.54, 1.807) is 0 Å². The molecule has 11 rings (SSSR count). The maximum Gasteiger partial charge on any atom is 0.160 e. The van der Waals surface area contributed by atoms with Gasteiger partial charge < -0.3 is 4.57 Å². The summed E-state index contributed by atoms with van der Waals surface area (Å²) in [5, 5.41) is 10.3. The van der Waals surface area contributed by atoms with Gasteiger partial charge in [0.25, 0.3) is 0 Å². The van der Waals surface area contributed by atoms with Crippen molar-refractivity contribution in [3.8, 4) is 22.6 Å². The molecular formula is C50H35N3. The van der Waals surface area contributed by atoms with E-state index in [1.165, 1.54) is 76.5 Å². The highest BCUT2D eigenvalue weighted by atomic mass is 15.0. The van der Waals surface area contributed by atoms with Crippen LogP contribution in [0.1, 0.15) is 31.4 Å². The second-order valence-electron chi connectivity index (χ2n) is 14.3. The van der Waals surface area contributed by atoms with Crippen LogP contribution < -0.4 is 0 Å². The summed E-state index contributed by atoms with van der Waals surface area (Å²) in [6.07, 6.45) is 8.80. The Kier molecular flexibility index (Phi) is 6.81. The average Bonchev–Trinajstić information content (AvgIpc) is 3.58. The number of benzene rings is 7. The SMILES string of the molecule is C1=C2C(c3cc(-c4ccc5ccccc5c4)nc(-c4ccccc4)n3)=CCCC2=C(n2c3ccc4ccccc4c3c3c4ccccc4ccc32)CC1. The molecule has 0 aliphatic heterocycles. The standard InChI is InChI=1S/C50H35N3/c1-2-15-35(16-3-1)50-51-43(37-25-24-32-12-4-5-17-36(32)30-37)31-44(52-50)41-21-10-22-42-40(41)20-11-23-45(42)53-46-28-26-33-13-6-8-18-38(33)48(46)49-39-19-9-7-14-34(39)27-29-47(49)53/h1-9,12-21,24-31H,10-11,22-23H2. The first-order valence-electron chi connectivity index (χ1n) is 18.7. The van der Waals surface area contributed by atoms with Crippen LogP contribution in [0.15, 0.2) is 175 Å². The third-order valence-electron chi connectivity index (χ3n) is 11.3. The first-order chi connectivity index (χ1) is 26.3. The molecule has 2 aliphatic rings. The Morgan fingerprint density at radius 2 is 1.02 bits per heavy atom. The zero-order valence-corrected chi connectivity index (χ0v) is 29.3. The summed E-state index contributed by atoms with van der Waals surface area (Å²) in [5.41, 5.74) is 12.0. The highest BCUT2D eigenvalue weighted by Crippen LogP contribution is 2.47. The Balaban J connectivity index is 1.12. The van der Waals surface area contributed by atoms with Gasteiger partial charge in [0.1, 0.15) is 0 Å². The molecule has 3 heteroatoms. The molecule has 9 aromatic rings. The summed E-state index contributed by atoms with van der Waals surface area (Å²) >= 11 is 0. The minimum atomic E-state index is 0.751. The highest BCUT2D eigenvalue weighted by Gasteiger charge is 2.28. The lowest BCUT2D eigenvalue weighted by molar-refractivity contribution is 0.884. The van der Waals surface area contributed by atoms with Crippen LogP contribution >= 0.6 is 0 Å². The molecule has 0 radical (unpaired) electrons. The van der Waals surface area contributed by atoms with Crippen LogP contribution in [-0.4, -0.2) is 14.5 Å². The zero-order valence-electron chi connectivity index (χ0n) is 29.3. The van der Waals surface area contributed by atoms with Crippen molar-refractivity contribution in [1.29, 1.82) is 0 Å². The van der Waals surface area contributed by atoms with Gasteiger partial charge in [-0.05, 0) is 93.4 Å². The third kappa shape index (κ3) is 4.81. The van der Waals surface area contributed by atoms with Gasteiger partial charge >= 0.3 is 0 Å². The molecule has 0 bridgehead atoms. The molecule has 7 aromatic carbocycles. The summed E-state index contributed by atoms with van der Waals surface area (Å²) in [5.74, 6) is 0.751. The highest BCUT2D eigenvalue weighted by molar-refractivity contribution is 6.29. The van der Waals surface area contributed by atoms with E-state index < -0.39 is 0 Å². The topological polar surface area (TPSA) is 30.7 Å². The van der Waals surface area contributed by atoms with Gasteiger partial charge in [-0.3, -0.25) is 0 Å². The van der Waals surface area contributed by atoms with Crippen LogP contribution in [0.4, 0.5) is 0 Å². The Bertz CT molecular complexity index is 2960. The zero-order chi connectivity index (χ0) is 34.9. The van der Waals surface area contributed by atoms with Crippen molar-refractivity contribution in [2.75, 3.05) is 0 Å². The number of rotatable bonds is 4. The Morgan fingerprint density at radius 1 is 0.434 bits per heavy atom. The minimum absolute atomic E-state index is 0.751. The van der Waals surface area contributed by atoms with Gasteiger partial charge in [0.15, 0.2) is 5.82 Å². The summed E-state index contributed by atoms with van der Waals surface area (Å²) in [7, 11) is 0. The lowest BCUT2D eigenvalue weighted by Crippen LogP contribution is -2.12. The van der Waals surface area contributed by atoms with Crippen LogP contribution in [0.5, 0.6) is 0 Å². The molecule has 0 atom stereocenters. The molecule has 53 heavy (non-hydrogen) atoms. The Hall–Kier alpha value is -6.58. The van der Waals surface area contributed by atoms with Gasteiger partial charge in [-0.2, -0.15) is 0 Å². The molecular weight excluding hydrogens is 643 g/mol. The second-order valence-corrected chi connectivity index (χ2v) is 14.3. The van der Waals surface area contributed by atoms with Crippen molar-refractivity contribution in [3.63, 3.8) is 0 Å². The maximum absolute atomic E-state index is 5.31. The third-order valence-corrected chi connectivity index (χ3v) is 11.3. The van der Waals surface area contributed by atoms with Crippen molar-refractivity contribution in [1.82, 2.24) is 14.5 Å². The largest absolute Gasteiger partial charge is 0.313 e. The molecule has 250 valence electrons. The number of hydrogen-bond acceptors (Lipinski definition) is 2. The quantitative estimate of drug-likeness (QED) is 0.186. The molecule has 2 aromatic heterocycles. The molecule has 0 unspecified atom stereocenters. The number of fused-ring (bicyclic) bond motifs is 9. The first-order valence-corrected chi connectivity index (χ1v) is 18.7. The van der Waals surface area contributed by atoms with Crippen molar-refractivity contribution >= 4 is 65.4 Å². The monoisotopic (exact) mass is 677 g/mol. The summed E-state index contributed by atoms with van der Waals surface area (Å²) < 4.78 is 2.60. The van der Waals surface area contributed by atoms with Crippen LogP contribution in [0, 0.1) is 0 Å². The van der Waals surface area contributed by atoms with E-state index in [9.17, 15) is 0 Å². The van der Waals surface area contributed by atoms with Gasteiger partial charge in [-0.1, -0.05) is 140 Å². The number of aromatic nitrogens is 3. The van der Waals surface area contributed by atoms with Gasteiger partial charge in [-0.15, -0.1) is 0 Å². The molecule has 2 heterocycles. The number of nitrogens with zero attached hydrogens (tertiary/aromatic N) is 3. The first kappa shape index (κ1) is 30.1. The molecule has 0 amide bonds. The molecule has 3 nitrogen and oxygen atoms in total. The number of allylic oxidation sites excluding steroid dienone is 6. The Morgan fingerprint density at radius 3 is 1.75 bits per heavy atom. The molecule has 0 saturated heterocycles. The fraction of sp³-hybridized carbons (Fsp3) is 0.0800. The molecule has 2 aliphatic carbocycles. The van der Waals surface area contributed by atoms with Gasteiger partial charge in [0, 0.05) is 33.2 Å². The van der Waals surface area contributed by atoms with Crippen LogP contribution in [0.25, 0.3) is 88.0 Å². The molecule has 0 N–H and O–H groups in total. The predicted molar refractivity (Wildman–Crippen MR) is 223 cm³/mol. The van der Waals surface area contributed by atoms with E-state index in [4.69, 9.17) is 9.97 Å². The van der Waals surface area contributed by atoms with Crippen LogP contribution in [0.2, 0.25) is 0 Å². The van der Waals surface area contributed by atoms with E-state index in [1.807, 2.05) is 6.07 Å². The van der Waals surface area contributed by atoms with Crippen molar-refractivity contribution < 1.29 is 0 Å². The van der Waals surface area contributed by atoms with E-state index >= 15 is 0 Å². The summed E-state index contributed by atoms with van der Waals surface area (Å²) in [6, 6.07) is 54.8. The van der Waals surface area contributed by atoms with Gasteiger partial charge in [0.05, 0.1) is 22.4 Å². The Labute approximate surface area is 307 Å². The predicted octanol–water partition coefficient (Wildman–Crippen LogP) is 13.2. The fourth-order valence-electron chi connectivity index (χ4n) is 8.93. The normalized spacial score (nSPS) is 14.6. The van der Waals surface area contributed by atoms with Crippen molar-refractivity contribution in [2.45, 2.75) is 25.7 Å². The van der Waals surface area contributed by atoms with E-state index in [0.29, 0.717) is 0 Å². The molecule has 0 saturated carbocycles. The fourth-order valence-corrected chi connectivity index (χ4v) is 8.93.